The van der Waals surface area contributed by atoms with E-state index in [9.17, 15) is 14.4 Å². The normalized spacial score (nSPS) is 14.3. The van der Waals surface area contributed by atoms with Gasteiger partial charge in [0.15, 0.2) is 0 Å². The van der Waals surface area contributed by atoms with Gasteiger partial charge in [0.25, 0.3) is 0 Å². The van der Waals surface area contributed by atoms with E-state index in [1.165, 1.54) is 7.11 Å². The molecule has 0 unspecified atom stereocenters. The van der Waals surface area contributed by atoms with Crippen LogP contribution in [-0.2, 0) is 23.9 Å². The van der Waals surface area contributed by atoms with Crippen LogP contribution in [0.5, 0.6) is 0 Å². The standard InChI is InChI=1S/C15H25N3O5/c1-9(2)23-15(21)13(7-6-12(19)8-17-16)18-14(20)10(3)11(4)22-5/h8-11,13H,6-7H2,1-5H3,(H,18,20)/t10-,11-,13-/m0/s1. The van der Waals surface area contributed by atoms with Gasteiger partial charge >= 0.3 is 12.2 Å². The van der Waals surface area contributed by atoms with E-state index in [2.05, 4.69) is 10.1 Å². The van der Waals surface area contributed by atoms with Crippen molar-refractivity contribution in [3.05, 3.63) is 5.53 Å². The Morgan fingerprint density at radius 3 is 2.30 bits per heavy atom. The SMILES string of the molecule is CO[C@@H](C)[C@H](C)C(=O)N[C@@H](CCC(=O)C=[N+]=[N-])C(=O)OC(C)C. The number of hydrogen-bond donors (Lipinski definition) is 1. The number of nitrogens with one attached hydrogen (secondary N) is 1. The molecule has 0 aromatic carbocycles. The summed E-state index contributed by atoms with van der Waals surface area (Å²) in [6.45, 7) is 6.80. The second-order valence-electron chi connectivity index (χ2n) is 5.53. The summed E-state index contributed by atoms with van der Waals surface area (Å²) in [5, 5.41) is 2.58. The van der Waals surface area contributed by atoms with Gasteiger partial charge in [-0.25, -0.2) is 4.79 Å². The first-order chi connectivity index (χ1) is 10.7. The molecule has 0 aliphatic carbocycles. The highest BCUT2D eigenvalue weighted by atomic mass is 16.5. The van der Waals surface area contributed by atoms with Gasteiger partial charge < -0.3 is 20.3 Å². The molecule has 0 fully saturated rings. The van der Waals surface area contributed by atoms with Crippen molar-refractivity contribution >= 4 is 23.9 Å². The van der Waals surface area contributed by atoms with Gasteiger partial charge in [0.05, 0.1) is 18.1 Å². The zero-order valence-electron chi connectivity index (χ0n) is 14.2. The van der Waals surface area contributed by atoms with E-state index in [-0.39, 0.29) is 31.0 Å². The van der Waals surface area contributed by atoms with Crippen LogP contribution in [0.15, 0.2) is 0 Å². The molecule has 0 aliphatic heterocycles. The second-order valence-corrected chi connectivity index (χ2v) is 5.53. The lowest BCUT2D eigenvalue weighted by Crippen LogP contribution is -2.46. The van der Waals surface area contributed by atoms with Gasteiger partial charge in [0.2, 0.25) is 11.7 Å². The van der Waals surface area contributed by atoms with Crippen LogP contribution in [0, 0.1) is 5.92 Å². The van der Waals surface area contributed by atoms with Gasteiger partial charge in [-0.15, -0.1) is 0 Å². The molecule has 0 rings (SSSR count). The summed E-state index contributed by atoms with van der Waals surface area (Å²) in [4.78, 5) is 38.2. The zero-order chi connectivity index (χ0) is 18.0. The van der Waals surface area contributed by atoms with E-state index in [1.807, 2.05) is 0 Å². The second kappa shape index (κ2) is 10.6. The average Bonchev–Trinajstić information content (AvgIpc) is 2.48. The minimum atomic E-state index is -0.951. The number of carbonyl (C=O) groups is 3. The number of methoxy groups -OCH3 is 1. The van der Waals surface area contributed by atoms with Crippen LogP contribution in [0.25, 0.3) is 5.53 Å². The Bertz CT molecular complexity index is 472. The number of Topliss-reactive ketones (excluding diaryl/α,β-unsaturated/α-hetero) is 1. The lowest BCUT2D eigenvalue weighted by molar-refractivity contribution is -0.152. The van der Waals surface area contributed by atoms with Gasteiger partial charge in [-0.3, -0.25) is 9.59 Å². The number of esters is 1. The van der Waals surface area contributed by atoms with Crippen molar-refractivity contribution in [1.29, 1.82) is 0 Å². The van der Waals surface area contributed by atoms with Gasteiger partial charge in [0, 0.05) is 13.5 Å². The Balaban J connectivity index is 4.90. The van der Waals surface area contributed by atoms with Crippen molar-refractivity contribution in [2.24, 2.45) is 5.92 Å². The number of carbonyl (C=O) groups excluding carboxylic acids is 3. The summed E-state index contributed by atoms with van der Waals surface area (Å²) in [7, 11) is 1.49. The first-order valence-corrected chi connectivity index (χ1v) is 7.46. The molecule has 3 atom stereocenters. The molecule has 0 aromatic rings. The highest BCUT2D eigenvalue weighted by molar-refractivity contribution is 6.25. The first kappa shape index (κ1) is 20.9. The van der Waals surface area contributed by atoms with E-state index in [0.717, 1.165) is 6.21 Å². The van der Waals surface area contributed by atoms with Gasteiger partial charge in [-0.1, -0.05) is 6.92 Å². The number of amides is 1. The number of rotatable bonds is 10. The van der Waals surface area contributed by atoms with Crippen molar-refractivity contribution in [2.75, 3.05) is 7.11 Å². The van der Waals surface area contributed by atoms with Crippen LogP contribution in [0.4, 0.5) is 0 Å². The fourth-order valence-electron chi connectivity index (χ4n) is 1.70. The summed E-state index contributed by atoms with van der Waals surface area (Å²) in [6.07, 6.45) is 0.0846. The molecule has 130 valence electrons. The number of hydrogen-bond acceptors (Lipinski definition) is 5. The van der Waals surface area contributed by atoms with Crippen molar-refractivity contribution in [3.8, 4) is 0 Å². The van der Waals surface area contributed by atoms with Gasteiger partial charge in [-0.2, -0.15) is 4.79 Å². The third-order valence-corrected chi connectivity index (χ3v) is 3.32. The van der Waals surface area contributed by atoms with Crippen molar-refractivity contribution in [1.82, 2.24) is 5.32 Å². The molecule has 0 saturated heterocycles. The molecule has 8 nitrogen and oxygen atoms in total. The Labute approximate surface area is 136 Å². The molecule has 0 saturated carbocycles. The summed E-state index contributed by atoms with van der Waals surface area (Å²) in [5.41, 5.74) is 8.31. The van der Waals surface area contributed by atoms with Crippen LogP contribution in [-0.4, -0.2) is 54.0 Å². The molecule has 0 radical (unpaired) electrons. The molecular weight excluding hydrogens is 302 g/mol. The molecule has 1 N–H and O–H groups in total. The minimum absolute atomic E-state index is 0.0518. The Kier molecular flexibility index (Phi) is 9.69. The minimum Gasteiger partial charge on any atom is -0.461 e. The topological polar surface area (TPSA) is 118 Å². The van der Waals surface area contributed by atoms with Crippen LogP contribution >= 0.6 is 0 Å². The third kappa shape index (κ3) is 8.23. The van der Waals surface area contributed by atoms with Crippen LogP contribution in [0.1, 0.15) is 40.5 Å². The van der Waals surface area contributed by atoms with E-state index in [0.29, 0.717) is 0 Å². The molecule has 8 heteroatoms. The Morgan fingerprint density at radius 2 is 1.83 bits per heavy atom. The number of ether oxygens (including phenoxy) is 2. The predicted molar refractivity (Wildman–Crippen MR) is 82.7 cm³/mol. The quantitative estimate of drug-likeness (QED) is 0.275. The lowest BCUT2D eigenvalue weighted by atomic mass is 10.0. The van der Waals surface area contributed by atoms with Crippen molar-refractivity contribution in [3.63, 3.8) is 0 Å². The maximum absolute atomic E-state index is 12.2. The monoisotopic (exact) mass is 327 g/mol. The molecule has 23 heavy (non-hydrogen) atoms. The highest BCUT2D eigenvalue weighted by Crippen LogP contribution is 2.09. The van der Waals surface area contributed by atoms with Crippen LogP contribution in [0.2, 0.25) is 0 Å². The zero-order valence-corrected chi connectivity index (χ0v) is 14.2. The fraction of sp³-hybridized carbons (Fsp3) is 0.733. The number of ketones is 1. The Hall–Kier alpha value is -2.05. The van der Waals surface area contributed by atoms with Gasteiger partial charge in [0.1, 0.15) is 6.04 Å². The highest BCUT2D eigenvalue weighted by Gasteiger charge is 2.28. The number of nitrogens with zero attached hydrogens (tertiary/aromatic N) is 2. The smallest absolute Gasteiger partial charge is 0.328 e. The van der Waals surface area contributed by atoms with Crippen molar-refractivity contribution < 1.29 is 28.6 Å². The predicted octanol–water partition coefficient (Wildman–Crippen LogP) is 0.744. The summed E-state index contributed by atoms with van der Waals surface area (Å²) < 4.78 is 10.2. The molecule has 0 bridgehead atoms. The average molecular weight is 327 g/mol. The summed E-state index contributed by atoms with van der Waals surface area (Å²) in [6, 6.07) is -0.951. The molecule has 0 aliphatic rings. The van der Waals surface area contributed by atoms with E-state index < -0.39 is 23.7 Å². The molecule has 0 heterocycles. The van der Waals surface area contributed by atoms with Crippen molar-refractivity contribution in [2.45, 2.75) is 58.8 Å². The molecular formula is C15H25N3O5. The fourth-order valence-corrected chi connectivity index (χ4v) is 1.70. The van der Waals surface area contributed by atoms with E-state index >= 15 is 0 Å². The molecule has 0 spiro atoms. The largest absolute Gasteiger partial charge is 0.461 e. The maximum atomic E-state index is 12.2. The third-order valence-electron chi connectivity index (χ3n) is 3.32. The Morgan fingerprint density at radius 1 is 1.22 bits per heavy atom. The van der Waals surface area contributed by atoms with E-state index in [1.54, 1.807) is 27.7 Å². The van der Waals surface area contributed by atoms with Crippen LogP contribution < -0.4 is 5.32 Å². The maximum Gasteiger partial charge on any atom is 0.328 e. The molecule has 0 aromatic heterocycles. The first-order valence-electron chi connectivity index (χ1n) is 7.46. The van der Waals surface area contributed by atoms with Gasteiger partial charge in [-0.05, 0) is 27.2 Å². The molecule has 1 amide bonds. The summed E-state index contributed by atoms with van der Waals surface area (Å²) >= 11 is 0. The van der Waals surface area contributed by atoms with E-state index in [4.69, 9.17) is 15.0 Å². The summed E-state index contributed by atoms with van der Waals surface area (Å²) in [5.74, 6) is -1.90. The van der Waals surface area contributed by atoms with Crippen LogP contribution in [0.3, 0.4) is 0 Å². The lowest BCUT2D eigenvalue weighted by Gasteiger charge is -2.23.